The molecule has 0 saturated carbocycles. The number of carbonyl (C=O) groups is 6. The molecule has 3 N–H and O–H groups in total. The lowest BCUT2D eigenvalue weighted by molar-refractivity contribution is -0.108. The van der Waals surface area contributed by atoms with Crippen LogP contribution in [-0.2, 0) is 47.7 Å². The van der Waals surface area contributed by atoms with E-state index in [9.17, 15) is 44.1 Å². The molecule has 0 bridgehead atoms. The van der Waals surface area contributed by atoms with Gasteiger partial charge in [-0.15, -0.1) is 19.3 Å². The third-order valence-corrected chi connectivity index (χ3v) is 12.9. The van der Waals surface area contributed by atoms with Crippen molar-refractivity contribution in [3.05, 3.63) is 212 Å². The van der Waals surface area contributed by atoms with Crippen LogP contribution in [0.15, 0.2) is 146 Å². The highest BCUT2D eigenvalue weighted by atomic mass is 16.6. The number of ketones is 3. The number of rotatable bonds is 31. The SMILES string of the molecule is C#Cc1ccc(CC(=O)c2ccccc2C(=O)OCC(O)COCC(CC)(COCC(O)COC(=O)c2ccccc2C(=O)Cc2ccc(C#C)cc2)COCC(O)COC(=O)c2ccccc2C(=O)Cc2ccc(C#C)cc2)cc1. The first-order valence-corrected chi connectivity index (χ1v) is 26.0. The molecule has 6 aromatic carbocycles. The van der Waals surface area contributed by atoms with E-state index in [4.69, 9.17) is 47.7 Å². The Morgan fingerprint density at radius 3 is 0.877 bits per heavy atom. The fourth-order valence-electron chi connectivity index (χ4n) is 8.27. The zero-order valence-corrected chi connectivity index (χ0v) is 44.8. The molecule has 6 aromatic rings. The van der Waals surface area contributed by atoms with Crippen molar-refractivity contribution in [1.82, 2.24) is 0 Å². The van der Waals surface area contributed by atoms with E-state index in [1.165, 1.54) is 36.4 Å². The molecule has 0 aliphatic rings. The van der Waals surface area contributed by atoms with Gasteiger partial charge in [-0.3, -0.25) is 14.4 Å². The van der Waals surface area contributed by atoms with E-state index in [2.05, 4.69) is 17.8 Å². The molecule has 81 heavy (non-hydrogen) atoms. The molecule has 0 aromatic heterocycles. The molecule has 416 valence electrons. The van der Waals surface area contributed by atoms with Crippen LogP contribution in [0.4, 0.5) is 0 Å². The quantitative estimate of drug-likeness (QED) is 0.0168. The Kier molecular flexibility index (Phi) is 23.6. The molecule has 0 radical (unpaired) electrons. The predicted molar refractivity (Wildman–Crippen MR) is 301 cm³/mol. The zero-order chi connectivity index (χ0) is 58.2. The fraction of sp³-hybridized carbons (Fsp3) is 0.273. The molecule has 0 aliphatic carbocycles. The van der Waals surface area contributed by atoms with Gasteiger partial charge in [0.15, 0.2) is 17.3 Å². The lowest BCUT2D eigenvalue weighted by Crippen LogP contribution is -2.40. The summed E-state index contributed by atoms with van der Waals surface area (Å²) in [7, 11) is 0. The van der Waals surface area contributed by atoms with Gasteiger partial charge in [-0.05, 0) is 77.7 Å². The minimum atomic E-state index is -1.32. The molecule has 0 heterocycles. The second-order valence-electron chi connectivity index (χ2n) is 19.1. The third kappa shape index (κ3) is 18.6. The summed E-state index contributed by atoms with van der Waals surface area (Å²) >= 11 is 0. The number of ether oxygens (including phenoxy) is 6. The van der Waals surface area contributed by atoms with E-state index >= 15 is 0 Å². The standard InChI is InChI=1S/C66H62O15/c1-5-45-21-27-48(28-22-45)33-60(70)54-15-9-12-18-57(54)63(73)79-39-51(67)36-76-42-66(8-4,43-77-37-52(68)40-80-64(74)58-19-13-10-16-55(58)61(71)34-49-29-23-46(6-2)24-30-49)44-78-38-53(69)41-81-65(75)59-20-14-11-17-56(59)62(72)35-50-31-25-47(7-3)26-32-50/h1-3,9-32,51-53,67-69H,8,33-44H2,4H3. The predicted octanol–water partition coefficient (Wildman–Crippen LogP) is 7.31. The number of terminal acetylenes is 3. The number of esters is 3. The van der Waals surface area contributed by atoms with Crippen LogP contribution in [0.1, 0.15) is 109 Å². The maximum Gasteiger partial charge on any atom is 0.338 e. The van der Waals surface area contributed by atoms with Gasteiger partial charge < -0.3 is 43.7 Å². The molecular formula is C66H62O15. The summed E-state index contributed by atoms with van der Waals surface area (Å²) in [6.45, 7) is -1.01. The van der Waals surface area contributed by atoms with Gasteiger partial charge in [0, 0.05) is 58.1 Å². The van der Waals surface area contributed by atoms with Gasteiger partial charge in [0.2, 0.25) is 0 Å². The summed E-state index contributed by atoms with van der Waals surface area (Å²) in [4.78, 5) is 79.7. The highest BCUT2D eigenvalue weighted by Crippen LogP contribution is 2.26. The molecule has 0 saturated heterocycles. The molecule has 6 rings (SSSR count). The van der Waals surface area contributed by atoms with E-state index < -0.39 is 61.5 Å². The van der Waals surface area contributed by atoms with Crippen molar-refractivity contribution >= 4 is 35.3 Å². The maximum atomic E-state index is 13.3. The average molecular weight is 1100 g/mol. The molecule has 0 spiro atoms. The van der Waals surface area contributed by atoms with Crippen LogP contribution < -0.4 is 0 Å². The second-order valence-corrected chi connectivity index (χ2v) is 19.1. The summed E-state index contributed by atoms with van der Waals surface area (Å²) in [5.74, 6) is 4.10. The summed E-state index contributed by atoms with van der Waals surface area (Å²) in [6.07, 6.45) is 12.7. The van der Waals surface area contributed by atoms with Crippen LogP contribution >= 0.6 is 0 Å². The van der Waals surface area contributed by atoms with Crippen molar-refractivity contribution in [3.8, 4) is 37.0 Å². The van der Waals surface area contributed by atoms with Gasteiger partial charge in [0.05, 0.1) is 56.3 Å². The molecule has 3 unspecified atom stereocenters. The molecule has 15 heteroatoms. The normalized spacial score (nSPS) is 12.7. The van der Waals surface area contributed by atoms with Crippen LogP contribution in [0.2, 0.25) is 0 Å². The van der Waals surface area contributed by atoms with Gasteiger partial charge in [-0.2, -0.15) is 0 Å². The summed E-state index contributed by atoms with van der Waals surface area (Å²) < 4.78 is 34.1. The van der Waals surface area contributed by atoms with Crippen LogP contribution in [0.25, 0.3) is 0 Å². The number of hydrogen-bond donors (Lipinski definition) is 3. The Morgan fingerprint density at radius 1 is 0.395 bits per heavy atom. The van der Waals surface area contributed by atoms with Gasteiger partial charge in [-0.25, -0.2) is 14.4 Å². The Hall–Kier alpha value is -8.82. The van der Waals surface area contributed by atoms with Crippen LogP contribution in [0.3, 0.4) is 0 Å². The molecule has 0 amide bonds. The summed E-state index contributed by atoms with van der Waals surface area (Å²) in [5.41, 5.74) is 3.54. The van der Waals surface area contributed by atoms with Crippen molar-refractivity contribution < 1.29 is 72.5 Å². The highest BCUT2D eigenvalue weighted by molar-refractivity contribution is 6.08. The lowest BCUT2D eigenvalue weighted by atomic mass is 9.88. The number of aliphatic hydroxyl groups excluding tert-OH is 3. The third-order valence-electron chi connectivity index (χ3n) is 12.9. The van der Waals surface area contributed by atoms with Crippen LogP contribution in [0, 0.1) is 42.4 Å². The first-order chi connectivity index (χ1) is 39.1. The van der Waals surface area contributed by atoms with E-state index in [1.54, 1.807) is 109 Å². The molecule has 0 aliphatic heterocycles. The van der Waals surface area contributed by atoms with Crippen LogP contribution in [0.5, 0.6) is 0 Å². The fourth-order valence-corrected chi connectivity index (χ4v) is 8.27. The summed E-state index contributed by atoms with van der Waals surface area (Å²) in [5, 5.41) is 32.8. The number of benzene rings is 6. The van der Waals surface area contributed by atoms with Crippen molar-refractivity contribution in [2.24, 2.45) is 5.41 Å². The molecular weight excluding hydrogens is 1030 g/mol. The first kappa shape index (κ1) is 61.4. The molecule has 3 atom stereocenters. The van der Waals surface area contributed by atoms with Crippen molar-refractivity contribution in [2.45, 2.75) is 50.9 Å². The monoisotopic (exact) mass is 1090 g/mol. The molecule has 15 nitrogen and oxygen atoms in total. The minimum Gasteiger partial charge on any atom is -0.459 e. The summed E-state index contributed by atoms with van der Waals surface area (Å²) in [6, 6.07) is 39.3. The number of aliphatic hydroxyl groups is 3. The minimum absolute atomic E-state index is 0.00557. The van der Waals surface area contributed by atoms with E-state index in [0.29, 0.717) is 39.8 Å². The maximum absolute atomic E-state index is 13.3. The second kappa shape index (κ2) is 31.1. The highest BCUT2D eigenvalue weighted by Gasteiger charge is 2.32. The van der Waals surface area contributed by atoms with Crippen molar-refractivity contribution in [2.75, 3.05) is 59.5 Å². The lowest BCUT2D eigenvalue weighted by Gasteiger charge is -2.33. The van der Waals surface area contributed by atoms with E-state index in [1.807, 2.05) is 6.92 Å². The van der Waals surface area contributed by atoms with Gasteiger partial charge in [0.1, 0.15) is 38.1 Å². The Morgan fingerprint density at radius 2 is 0.642 bits per heavy atom. The van der Waals surface area contributed by atoms with Crippen LogP contribution in [-0.4, -0.2) is 128 Å². The van der Waals surface area contributed by atoms with Crippen molar-refractivity contribution in [1.29, 1.82) is 0 Å². The zero-order valence-electron chi connectivity index (χ0n) is 44.8. The largest absolute Gasteiger partial charge is 0.459 e. The van der Waals surface area contributed by atoms with E-state index in [-0.39, 0.29) is 110 Å². The van der Waals surface area contributed by atoms with Crippen molar-refractivity contribution in [3.63, 3.8) is 0 Å². The number of carbonyl (C=O) groups excluding carboxylic acids is 6. The first-order valence-electron chi connectivity index (χ1n) is 26.0. The van der Waals surface area contributed by atoms with Gasteiger partial charge >= 0.3 is 17.9 Å². The number of hydrogen-bond acceptors (Lipinski definition) is 15. The Balaban J connectivity index is 1.04. The van der Waals surface area contributed by atoms with Gasteiger partial charge in [0.25, 0.3) is 0 Å². The smallest absolute Gasteiger partial charge is 0.338 e. The Labute approximate surface area is 471 Å². The number of Topliss-reactive ketones (excluding diaryl/α,β-unsaturated/α-hetero) is 3. The molecule has 0 fully saturated rings. The van der Waals surface area contributed by atoms with E-state index in [0.717, 1.165) is 0 Å². The Bertz CT molecular complexity index is 2910. The topological polar surface area (TPSA) is 218 Å². The van der Waals surface area contributed by atoms with Gasteiger partial charge in [-0.1, -0.05) is 116 Å². The average Bonchev–Trinajstić information content (AvgIpc) is 3.51.